The van der Waals surface area contributed by atoms with Crippen LogP contribution in [0.15, 0.2) is 12.2 Å². The number of aliphatic carboxylic acids is 1. The SMILES string of the molecule is CCCCCCCCCCC(C)CC=CC(=O)O. The molecule has 1 unspecified atom stereocenters. The lowest BCUT2D eigenvalue weighted by Crippen LogP contribution is -1.94. The van der Waals surface area contributed by atoms with Crippen molar-refractivity contribution in [3.8, 4) is 0 Å². The van der Waals surface area contributed by atoms with Gasteiger partial charge in [0.25, 0.3) is 0 Å². The molecule has 0 aromatic rings. The predicted octanol–water partition coefficient (Wildman–Crippen LogP) is 5.18. The van der Waals surface area contributed by atoms with Crippen LogP contribution in [-0.4, -0.2) is 11.1 Å². The van der Waals surface area contributed by atoms with Crippen molar-refractivity contribution < 1.29 is 9.90 Å². The Morgan fingerprint density at radius 2 is 1.61 bits per heavy atom. The van der Waals surface area contributed by atoms with Gasteiger partial charge in [-0.3, -0.25) is 0 Å². The Bertz CT molecular complexity index is 221. The molecule has 0 aromatic heterocycles. The lowest BCUT2D eigenvalue weighted by Gasteiger charge is -2.08. The zero-order valence-corrected chi connectivity index (χ0v) is 12.2. The molecule has 0 aromatic carbocycles. The van der Waals surface area contributed by atoms with E-state index in [2.05, 4.69) is 13.8 Å². The minimum atomic E-state index is -0.839. The summed E-state index contributed by atoms with van der Waals surface area (Å²) in [5.41, 5.74) is 0. The minimum absolute atomic E-state index is 0.612. The molecule has 2 heteroatoms. The fraction of sp³-hybridized carbons (Fsp3) is 0.812. The third-order valence-corrected chi connectivity index (χ3v) is 3.35. The van der Waals surface area contributed by atoms with E-state index in [9.17, 15) is 4.79 Å². The van der Waals surface area contributed by atoms with E-state index < -0.39 is 5.97 Å². The first kappa shape index (κ1) is 17.2. The molecular weight excluding hydrogens is 224 g/mol. The molecule has 0 aliphatic heterocycles. The number of hydrogen-bond donors (Lipinski definition) is 1. The summed E-state index contributed by atoms with van der Waals surface area (Å²) in [4.78, 5) is 10.3. The Morgan fingerprint density at radius 1 is 1.06 bits per heavy atom. The normalized spacial score (nSPS) is 13.0. The topological polar surface area (TPSA) is 37.3 Å². The number of carboxylic acid groups (broad SMARTS) is 1. The predicted molar refractivity (Wildman–Crippen MR) is 77.8 cm³/mol. The standard InChI is InChI=1S/C16H30O2/c1-3-4-5-6-7-8-9-10-12-15(2)13-11-14-16(17)18/h11,14-15H,3-10,12-13H2,1-2H3,(H,17,18). The van der Waals surface area contributed by atoms with Crippen molar-refractivity contribution in [2.75, 3.05) is 0 Å². The molecule has 0 spiro atoms. The zero-order valence-electron chi connectivity index (χ0n) is 12.2. The largest absolute Gasteiger partial charge is 0.478 e. The Balaban J connectivity index is 3.25. The van der Waals surface area contributed by atoms with Crippen molar-refractivity contribution in [1.82, 2.24) is 0 Å². The van der Waals surface area contributed by atoms with E-state index in [1.54, 1.807) is 6.08 Å². The molecule has 0 saturated carbocycles. The van der Waals surface area contributed by atoms with Crippen LogP contribution in [0.2, 0.25) is 0 Å². The van der Waals surface area contributed by atoms with Gasteiger partial charge in [-0.25, -0.2) is 4.79 Å². The van der Waals surface area contributed by atoms with Gasteiger partial charge >= 0.3 is 5.97 Å². The van der Waals surface area contributed by atoms with E-state index in [1.807, 2.05) is 0 Å². The summed E-state index contributed by atoms with van der Waals surface area (Å²) in [6, 6.07) is 0. The molecule has 1 N–H and O–H groups in total. The van der Waals surface area contributed by atoms with Gasteiger partial charge in [0.2, 0.25) is 0 Å². The summed E-state index contributed by atoms with van der Waals surface area (Å²) in [5.74, 6) is -0.227. The van der Waals surface area contributed by atoms with Gasteiger partial charge in [-0.2, -0.15) is 0 Å². The van der Waals surface area contributed by atoms with Crippen LogP contribution < -0.4 is 0 Å². The highest BCUT2D eigenvalue weighted by molar-refractivity contribution is 5.79. The summed E-state index contributed by atoms with van der Waals surface area (Å²) in [6.07, 6.45) is 16.0. The van der Waals surface area contributed by atoms with Crippen LogP contribution in [0.3, 0.4) is 0 Å². The van der Waals surface area contributed by atoms with Crippen LogP contribution in [0.4, 0.5) is 0 Å². The molecular formula is C16H30O2. The molecule has 1 atom stereocenters. The number of carboxylic acids is 1. The van der Waals surface area contributed by atoms with Gasteiger partial charge in [0.05, 0.1) is 0 Å². The second-order valence-electron chi connectivity index (χ2n) is 5.35. The third kappa shape index (κ3) is 13.3. The highest BCUT2D eigenvalue weighted by atomic mass is 16.4. The Kier molecular flexibility index (Phi) is 12.1. The quantitative estimate of drug-likeness (QED) is 0.384. The number of carbonyl (C=O) groups is 1. The molecule has 0 rings (SSSR count). The average Bonchev–Trinajstić information content (AvgIpc) is 2.32. The molecule has 18 heavy (non-hydrogen) atoms. The van der Waals surface area contributed by atoms with Crippen molar-refractivity contribution in [2.45, 2.75) is 78.1 Å². The number of hydrogen-bond acceptors (Lipinski definition) is 1. The second-order valence-corrected chi connectivity index (χ2v) is 5.35. The van der Waals surface area contributed by atoms with E-state index in [4.69, 9.17) is 5.11 Å². The van der Waals surface area contributed by atoms with Gasteiger partial charge in [0, 0.05) is 6.08 Å². The molecule has 0 amide bonds. The first-order valence-electron chi connectivity index (χ1n) is 7.56. The van der Waals surface area contributed by atoms with Crippen LogP contribution in [-0.2, 0) is 4.79 Å². The summed E-state index contributed by atoms with van der Waals surface area (Å²) in [6.45, 7) is 4.45. The van der Waals surface area contributed by atoms with Crippen molar-refractivity contribution in [3.63, 3.8) is 0 Å². The van der Waals surface area contributed by atoms with Crippen molar-refractivity contribution in [3.05, 3.63) is 12.2 Å². The first-order chi connectivity index (χ1) is 8.66. The maximum absolute atomic E-state index is 10.3. The smallest absolute Gasteiger partial charge is 0.327 e. The van der Waals surface area contributed by atoms with Gasteiger partial charge in [0.15, 0.2) is 0 Å². The number of allylic oxidation sites excluding steroid dienone is 1. The zero-order chi connectivity index (χ0) is 13.6. The molecule has 0 bridgehead atoms. The first-order valence-corrected chi connectivity index (χ1v) is 7.56. The average molecular weight is 254 g/mol. The van der Waals surface area contributed by atoms with Gasteiger partial charge in [-0.05, 0) is 12.3 Å². The Morgan fingerprint density at radius 3 is 2.17 bits per heavy atom. The molecule has 0 saturated heterocycles. The van der Waals surface area contributed by atoms with Gasteiger partial charge in [-0.15, -0.1) is 0 Å². The highest BCUT2D eigenvalue weighted by Gasteiger charge is 2.00. The molecule has 0 fully saturated rings. The van der Waals surface area contributed by atoms with Crippen molar-refractivity contribution in [2.24, 2.45) is 5.92 Å². The van der Waals surface area contributed by atoms with Crippen LogP contribution in [0, 0.1) is 5.92 Å². The molecule has 0 aliphatic carbocycles. The third-order valence-electron chi connectivity index (χ3n) is 3.35. The van der Waals surface area contributed by atoms with E-state index >= 15 is 0 Å². The summed E-state index contributed by atoms with van der Waals surface area (Å²) < 4.78 is 0. The van der Waals surface area contributed by atoms with E-state index in [1.165, 1.54) is 63.9 Å². The highest BCUT2D eigenvalue weighted by Crippen LogP contribution is 2.15. The van der Waals surface area contributed by atoms with Crippen molar-refractivity contribution >= 4 is 5.97 Å². The number of unbranched alkanes of at least 4 members (excludes halogenated alkanes) is 7. The summed E-state index contributed by atoms with van der Waals surface area (Å²) >= 11 is 0. The van der Waals surface area contributed by atoms with Gasteiger partial charge in [0.1, 0.15) is 0 Å². The lowest BCUT2D eigenvalue weighted by molar-refractivity contribution is -0.131. The van der Waals surface area contributed by atoms with Crippen LogP contribution in [0.1, 0.15) is 78.1 Å². The van der Waals surface area contributed by atoms with Gasteiger partial charge in [-0.1, -0.05) is 77.7 Å². The fourth-order valence-corrected chi connectivity index (χ4v) is 2.15. The maximum atomic E-state index is 10.3. The maximum Gasteiger partial charge on any atom is 0.327 e. The van der Waals surface area contributed by atoms with Crippen LogP contribution >= 0.6 is 0 Å². The van der Waals surface area contributed by atoms with Crippen LogP contribution in [0.25, 0.3) is 0 Å². The Hall–Kier alpha value is -0.790. The second kappa shape index (κ2) is 12.7. The summed E-state index contributed by atoms with van der Waals surface area (Å²) in [5, 5.41) is 8.47. The van der Waals surface area contributed by atoms with E-state index in [0.29, 0.717) is 5.92 Å². The molecule has 0 aliphatic rings. The number of rotatable bonds is 12. The van der Waals surface area contributed by atoms with Crippen molar-refractivity contribution in [1.29, 1.82) is 0 Å². The van der Waals surface area contributed by atoms with Crippen LogP contribution in [0.5, 0.6) is 0 Å². The van der Waals surface area contributed by atoms with E-state index in [0.717, 1.165) is 6.42 Å². The molecule has 2 nitrogen and oxygen atoms in total. The molecule has 0 radical (unpaired) electrons. The lowest BCUT2D eigenvalue weighted by atomic mass is 9.98. The fourth-order valence-electron chi connectivity index (χ4n) is 2.15. The minimum Gasteiger partial charge on any atom is -0.478 e. The summed E-state index contributed by atoms with van der Waals surface area (Å²) in [7, 11) is 0. The monoisotopic (exact) mass is 254 g/mol. The van der Waals surface area contributed by atoms with E-state index in [-0.39, 0.29) is 0 Å². The molecule has 106 valence electrons. The molecule has 0 heterocycles. The Labute approximate surface area is 112 Å². The van der Waals surface area contributed by atoms with Gasteiger partial charge < -0.3 is 5.11 Å².